The summed E-state index contributed by atoms with van der Waals surface area (Å²) in [6.45, 7) is 3.22. The van der Waals surface area contributed by atoms with Gasteiger partial charge in [0.15, 0.2) is 11.9 Å². The second kappa shape index (κ2) is 5.96. The van der Waals surface area contributed by atoms with E-state index in [9.17, 15) is 19.7 Å². The van der Waals surface area contributed by atoms with Gasteiger partial charge in [0.05, 0.1) is 7.11 Å². The molecule has 0 radical (unpaired) electrons. The molecule has 22 heavy (non-hydrogen) atoms. The SMILES string of the molecule is CCC1Oc2ccc([N+](=O)[O-])nc2N(C(C)C(=O)OC)C1=O. The standard InChI is InChI=1S/C13H15N3O6/c1-4-8-12(17)15(7(2)13(18)21-3)11-9(22-8)5-6-10(14-11)16(19)20/h5-8H,4H2,1-3H3. The number of fused-ring (bicyclic) bond motifs is 1. The maximum absolute atomic E-state index is 12.4. The molecule has 9 heteroatoms. The van der Waals surface area contributed by atoms with Crippen molar-refractivity contribution in [2.24, 2.45) is 0 Å². The lowest BCUT2D eigenvalue weighted by molar-refractivity contribution is -0.389. The topological polar surface area (TPSA) is 112 Å². The third-order valence-electron chi connectivity index (χ3n) is 3.32. The largest absolute Gasteiger partial charge is 0.474 e. The van der Waals surface area contributed by atoms with Crippen LogP contribution in [0, 0.1) is 10.1 Å². The van der Waals surface area contributed by atoms with Crippen LogP contribution in [0.25, 0.3) is 0 Å². The highest BCUT2D eigenvalue weighted by molar-refractivity contribution is 6.03. The van der Waals surface area contributed by atoms with Gasteiger partial charge in [-0.1, -0.05) is 6.92 Å². The zero-order valence-electron chi connectivity index (χ0n) is 12.3. The summed E-state index contributed by atoms with van der Waals surface area (Å²) in [6.07, 6.45) is -0.387. The van der Waals surface area contributed by atoms with Crippen molar-refractivity contribution in [3.8, 4) is 5.75 Å². The Bertz CT molecular complexity index is 632. The molecule has 0 saturated heterocycles. The van der Waals surface area contributed by atoms with Crippen LogP contribution in [-0.4, -0.2) is 41.0 Å². The normalized spacial score (nSPS) is 18.2. The molecule has 0 saturated carbocycles. The summed E-state index contributed by atoms with van der Waals surface area (Å²) in [4.78, 5) is 39.3. The zero-order chi connectivity index (χ0) is 16.4. The third-order valence-corrected chi connectivity index (χ3v) is 3.32. The van der Waals surface area contributed by atoms with Gasteiger partial charge in [-0.3, -0.25) is 9.69 Å². The van der Waals surface area contributed by atoms with Crippen molar-refractivity contribution in [3.63, 3.8) is 0 Å². The average Bonchev–Trinajstić information content (AvgIpc) is 2.52. The molecule has 2 atom stereocenters. The van der Waals surface area contributed by atoms with Gasteiger partial charge < -0.3 is 19.6 Å². The highest BCUT2D eigenvalue weighted by atomic mass is 16.6. The summed E-state index contributed by atoms with van der Waals surface area (Å²) in [5.74, 6) is -1.41. The van der Waals surface area contributed by atoms with Crippen LogP contribution in [0.3, 0.4) is 0 Å². The fourth-order valence-corrected chi connectivity index (χ4v) is 2.16. The molecule has 2 unspecified atom stereocenters. The maximum atomic E-state index is 12.4. The molecular formula is C13H15N3O6. The first-order chi connectivity index (χ1) is 10.4. The van der Waals surface area contributed by atoms with Gasteiger partial charge in [0.2, 0.25) is 0 Å². The molecule has 0 bridgehead atoms. The van der Waals surface area contributed by atoms with Crippen LogP contribution < -0.4 is 9.64 Å². The molecule has 1 amide bonds. The van der Waals surface area contributed by atoms with Crippen LogP contribution in [0.1, 0.15) is 20.3 Å². The van der Waals surface area contributed by atoms with Gasteiger partial charge >= 0.3 is 11.8 Å². The van der Waals surface area contributed by atoms with Crippen LogP contribution in [0.4, 0.5) is 11.6 Å². The second-order valence-electron chi connectivity index (χ2n) is 4.67. The van der Waals surface area contributed by atoms with E-state index in [0.717, 1.165) is 4.90 Å². The van der Waals surface area contributed by atoms with Crippen molar-refractivity contribution >= 4 is 23.5 Å². The summed E-state index contributed by atoms with van der Waals surface area (Å²) in [6, 6.07) is 1.58. The minimum Gasteiger partial charge on any atom is -0.474 e. The van der Waals surface area contributed by atoms with E-state index in [0.29, 0.717) is 6.42 Å². The number of methoxy groups -OCH3 is 1. The van der Waals surface area contributed by atoms with Gasteiger partial charge in [-0.25, -0.2) is 4.79 Å². The molecule has 0 N–H and O–H groups in total. The van der Waals surface area contributed by atoms with Crippen molar-refractivity contribution < 1.29 is 24.0 Å². The molecule has 118 valence electrons. The number of ether oxygens (including phenoxy) is 2. The molecule has 1 aliphatic heterocycles. The summed E-state index contributed by atoms with van der Waals surface area (Å²) in [7, 11) is 1.20. The first kappa shape index (κ1) is 15.7. The van der Waals surface area contributed by atoms with Gasteiger partial charge in [-0.2, -0.15) is 0 Å². The minimum absolute atomic E-state index is 0.0539. The highest BCUT2D eigenvalue weighted by Crippen LogP contribution is 2.36. The molecule has 2 heterocycles. The van der Waals surface area contributed by atoms with E-state index in [1.165, 1.54) is 26.2 Å². The fraction of sp³-hybridized carbons (Fsp3) is 0.462. The number of aromatic nitrogens is 1. The van der Waals surface area contributed by atoms with Crippen LogP contribution in [-0.2, 0) is 14.3 Å². The Morgan fingerprint density at radius 3 is 2.82 bits per heavy atom. The number of carbonyl (C=O) groups excluding carboxylic acids is 2. The Kier molecular flexibility index (Phi) is 4.25. The van der Waals surface area contributed by atoms with Crippen LogP contribution in [0.2, 0.25) is 0 Å². The van der Waals surface area contributed by atoms with E-state index in [-0.39, 0.29) is 11.6 Å². The molecule has 0 aromatic carbocycles. The number of carbonyl (C=O) groups is 2. The minimum atomic E-state index is -0.969. The average molecular weight is 309 g/mol. The number of hydrogen-bond donors (Lipinski definition) is 0. The number of rotatable bonds is 4. The molecule has 2 rings (SSSR count). The number of anilines is 1. The van der Waals surface area contributed by atoms with Crippen molar-refractivity contribution in [1.82, 2.24) is 4.98 Å². The van der Waals surface area contributed by atoms with Crippen molar-refractivity contribution in [3.05, 3.63) is 22.2 Å². The number of pyridine rings is 1. The summed E-state index contributed by atoms with van der Waals surface area (Å²) < 4.78 is 10.1. The fourth-order valence-electron chi connectivity index (χ4n) is 2.16. The lowest BCUT2D eigenvalue weighted by Gasteiger charge is -2.33. The maximum Gasteiger partial charge on any atom is 0.366 e. The molecule has 1 aromatic heterocycles. The lowest BCUT2D eigenvalue weighted by atomic mass is 10.1. The van der Waals surface area contributed by atoms with Crippen molar-refractivity contribution in [2.45, 2.75) is 32.4 Å². The third kappa shape index (κ3) is 2.57. The van der Waals surface area contributed by atoms with Gasteiger partial charge in [0.1, 0.15) is 6.04 Å². The van der Waals surface area contributed by atoms with Crippen LogP contribution in [0.15, 0.2) is 12.1 Å². The molecule has 0 aliphatic carbocycles. The molecule has 0 spiro atoms. The van der Waals surface area contributed by atoms with E-state index in [1.54, 1.807) is 6.92 Å². The number of amides is 1. The van der Waals surface area contributed by atoms with E-state index < -0.39 is 34.8 Å². The lowest BCUT2D eigenvalue weighted by Crippen LogP contribution is -2.52. The summed E-state index contributed by atoms with van der Waals surface area (Å²) >= 11 is 0. The van der Waals surface area contributed by atoms with E-state index in [1.807, 2.05) is 0 Å². The van der Waals surface area contributed by atoms with Gasteiger partial charge in [0, 0.05) is 6.07 Å². The van der Waals surface area contributed by atoms with Gasteiger partial charge in [-0.05, 0) is 29.3 Å². The van der Waals surface area contributed by atoms with Crippen LogP contribution >= 0.6 is 0 Å². The Hall–Kier alpha value is -2.71. The number of nitrogens with zero attached hydrogens (tertiary/aromatic N) is 3. The first-order valence-corrected chi connectivity index (χ1v) is 6.63. The predicted molar refractivity (Wildman–Crippen MR) is 74.6 cm³/mol. The number of hydrogen-bond acceptors (Lipinski definition) is 7. The second-order valence-corrected chi connectivity index (χ2v) is 4.67. The molecule has 9 nitrogen and oxygen atoms in total. The Labute approximate surface area is 126 Å². The summed E-state index contributed by atoms with van der Waals surface area (Å²) in [5, 5.41) is 10.9. The van der Waals surface area contributed by atoms with Gasteiger partial charge in [-0.15, -0.1) is 0 Å². The molecule has 1 aromatic rings. The molecular weight excluding hydrogens is 294 g/mol. The van der Waals surface area contributed by atoms with E-state index in [2.05, 4.69) is 9.72 Å². The van der Waals surface area contributed by atoms with E-state index in [4.69, 9.17) is 4.74 Å². The zero-order valence-corrected chi connectivity index (χ0v) is 12.3. The molecule has 1 aliphatic rings. The summed E-state index contributed by atoms with van der Waals surface area (Å²) in [5.41, 5.74) is 0. The Balaban J connectivity index is 2.55. The monoisotopic (exact) mass is 309 g/mol. The Morgan fingerprint density at radius 1 is 1.59 bits per heavy atom. The predicted octanol–water partition coefficient (Wildman–Crippen LogP) is 1.06. The van der Waals surface area contributed by atoms with E-state index >= 15 is 0 Å². The smallest absolute Gasteiger partial charge is 0.366 e. The number of esters is 1. The van der Waals surface area contributed by atoms with Crippen molar-refractivity contribution in [1.29, 1.82) is 0 Å². The number of nitro groups is 1. The Morgan fingerprint density at radius 2 is 2.27 bits per heavy atom. The van der Waals surface area contributed by atoms with Crippen LogP contribution in [0.5, 0.6) is 5.75 Å². The quantitative estimate of drug-likeness (QED) is 0.464. The molecule has 0 fully saturated rings. The van der Waals surface area contributed by atoms with Gasteiger partial charge in [0.25, 0.3) is 11.7 Å². The first-order valence-electron chi connectivity index (χ1n) is 6.63. The van der Waals surface area contributed by atoms with Crippen molar-refractivity contribution in [2.75, 3.05) is 12.0 Å². The highest BCUT2D eigenvalue weighted by Gasteiger charge is 2.42.